The minimum Gasteiger partial charge on any atom is -0.468 e. The fourth-order valence-corrected chi connectivity index (χ4v) is 2.20. The molecule has 1 atom stereocenters. The van der Waals surface area contributed by atoms with E-state index in [0.717, 1.165) is 21.2 Å². The van der Waals surface area contributed by atoms with E-state index in [1.807, 2.05) is 32.0 Å². The van der Waals surface area contributed by atoms with E-state index in [0.29, 0.717) is 0 Å². The van der Waals surface area contributed by atoms with Crippen LogP contribution in [0, 0.1) is 6.92 Å². The highest BCUT2D eigenvalue weighted by Crippen LogP contribution is 2.30. The Hall–Kier alpha value is -1.26. The monoisotopic (exact) mass is 234 g/mol. The second-order valence-electron chi connectivity index (χ2n) is 3.66. The summed E-state index contributed by atoms with van der Waals surface area (Å²) in [5, 5.41) is 0.944. The van der Waals surface area contributed by atoms with E-state index >= 15 is 0 Å². The van der Waals surface area contributed by atoms with E-state index in [-0.39, 0.29) is 6.04 Å². The van der Waals surface area contributed by atoms with Crippen LogP contribution in [0.25, 0.3) is 0 Å². The van der Waals surface area contributed by atoms with Gasteiger partial charge in [0.15, 0.2) is 0 Å². The van der Waals surface area contributed by atoms with Gasteiger partial charge in [-0.3, -0.25) is 0 Å². The van der Waals surface area contributed by atoms with Crippen LogP contribution in [0.1, 0.15) is 24.3 Å². The first-order chi connectivity index (χ1) is 7.66. The van der Waals surface area contributed by atoms with Gasteiger partial charge in [-0.2, -0.15) is 0 Å². The summed E-state index contributed by atoms with van der Waals surface area (Å²) in [5.74, 6) is 0.915. The highest BCUT2D eigenvalue weighted by Gasteiger charge is 2.06. The zero-order chi connectivity index (χ0) is 11.5. The summed E-state index contributed by atoms with van der Waals surface area (Å²) in [6.07, 6.45) is 3.48. The second kappa shape index (κ2) is 4.72. The number of rotatable bonds is 3. The molecule has 1 unspecified atom stereocenters. The van der Waals surface area contributed by atoms with E-state index < -0.39 is 0 Å². The average molecular weight is 234 g/mol. The topological polar surface area (TPSA) is 52.0 Å². The van der Waals surface area contributed by atoms with E-state index in [1.165, 1.54) is 0 Å². The molecule has 2 aromatic heterocycles. The molecule has 0 aromatic carbocycles. The maximum Gasteiger partial charge on any atom is 0.114 e. The van der Waals surface area contributed by atoms with Crippen molar-refractivity contribution in [3.8, 4) is 0 Å². The lowest BCUT2D eigenvalue weighted by atomic mass is 10.1. The lowest BCUT2D eigenvalue weighted by Gasteiger charge is -2.06. The Bertz CT molecular complexity index is 479. The van der Waals surface area contributed by atoms with Crippen LogP contribution in [0.3, 0.4) is 0 Å². The largest absolute Gasteiger partial charge is 0.468 e. The molecule has 0 aliphatic rings. The molecule has 2 aromatic rings. The predicted molar refractivity (Wildman–Crippen MR) is 64.4 cm³/mol. The Balaban J connectivity index is 2.22. The van der Waals surface area contributed by atoms with Gasteiger partial charge in [0.2, 0.25) is 0 Å². The van der Waals surface area contributed by atoms with Gasteiger partial charge in [-0.05, 0) is 37.6 Å². The third-order valence-corrected chi connectivity index (χ3v) is 3.39. The first kappa shape index (κ1) is 11.2. The fraction of sp³-hybridized carbons (Fsp3) is 0.250. The highest BCUT2D eigenvalue weighted by atomic mass is 32.2. The molecule has 2 rings (SSSR count). The molecule has 16 heavy (non-hydrogen) atoms. The van der Waals surface area contributed by atoms with Gasteiger partial charge in [-0.15, -0.1) is 0 Å². The summed E-state index contributed by atoms with van der Waals surface area (Å²) in [6, 6.07) is 5.94. The van der Waals surface area contributed by atoms with Crippen LogP contribution in [0.4, 0.5) is 0 Å². The molecule has 0 spiro atoms. The zero-order valence-electron chi connectivity index (χ0n) is 9.31. The Morgan fingerprint density at radius 3 is 2.88 bits per heavy atom. The van der Waals surface area contributed by atoms with Crippen molar-refractivity contribution in [2.45, 2.75) is 29.8 Å². The lowest BCUT2D eigenvalue weighted by Crippen LogP contribution is -2.04. The molecule has 0 fully saturated rings. The standard InChI is InChI=1S/C12H14N2OS/c1-8(13)10-3-5-14-12(7-10)16-11-4-6-15-9(11)2/h3-8H,13H2,1-2H3. The zero-order valence-corrected chi connectivity index (χ0v) is 10.1. The first-order valence-electron chi connectivity index (χ1n) is 5.10. The van der Waals surface area contributed by atoms with Gasteiger partial charge in [0.25, 0.3) is 0 Å². The number of nitrogens with zero attached hydrogens (tertiary/aromatic N) is 1. The molecule has 0 saturated carbocycles. The number of nitrogens with two attached hydrogens (primary N) is 1. The van der Waals surface area contributed by atoms with Crippen molar-refractivity contribution >= 4 is 11.8 Å². The van der Waals surface area contributed by atoms with Gasteiger partial charge in [0.05, 0.1) is 11.2 Å². The van der Waals surface area contributed by atoms with Crippen molar-refractivity contribution in [3.63, 3.8) is 0 Å². The number of pyridine rings is 1. The molecule has 0 saturated heterocycles. The summed E-state index contributed by atoms with van der Waals surface area (Å²) in [6.45, 7) is 3.91. The summed E-state index contributed by atoms with van der Waals surface area (Å²) < 4.78 is 5.24. The van der Waals surface area contributed by atoms with Crippen LogP contribution in [0.2, 0.25) is 0 Å². The third kappa shape index (κ3) is 2.46. The molecule has 0 aliphatic carbocycles. The van der Waals surface area contributed by atoms with Crippen LogP contribution in [0.15, 0.2) is 45.0 Å². The van der Waals surface area contributed by atoms with Crippen LogP contribution in [0.5, 0.6) is 0 Å². The van der Waals surface area contributed by atoms with Crippen LogP contribution < -0.4 is 5.73 Å². The van der Waals surface area contributed by atoms with Crippen LogP contribution >= 0.6 is 11.8 Å². The van der Waals surface area contributed by atoms with Gasteiger partial charge in [-0.1, -0.05) is 11.8 Å². The first-order valence-corrected chi connectivity index (χ1v) is 5.92. The third-order valence-electron chi connectivity index (χ3n) is 2.31. The minimum absolute atomic E-state index is 0.0350. The summed E-state index contributed by atoms with van der Waals surface area (Å²) in [7, 11) is 0. The molecule has 0 bridgehead atoms. The molecule has 2 N–H and O–H groups in total. The molecule has 0 aliphatic heterocycles. The van der Waals surface area contributed by atoms with E-state index in [9.17, 15) is 0 Å². The lowest BCUT2D eigenvalue weighted by molar-refractivity contribution is 0.527. The Morgan fingerprint density at radius 1 is 1.44 bits per heavy atom. The van der Waals surface area contributed by atoms with Gasteiger partial charge in [0, 0.05) is 12.2 Å². The van der Waals surface area contributed by atoms with E-state index in [4.69, 9.17) is 10.2 Å². The number of aromatic nitrogens is 1. The van der Waals surface area contributed by atoms with E-state index in [2.05, 4.69) is 4.98 Å². The number of hydrogen-bond donors (Lipinski definition) is 1. The Labute approximate surface area is 99.1 Å². The molecule has 84 valence electrons. The van der Waals surface area contributed by atoms with Crippen molar-refractivity contribution in [3.05, 3.63) is 42.0 Å². The normalized spacial score (nSPS) is 12.7. The molecular weight excluding hydrogens is 220 g/mol. The molecule has 0 amide bonds. The van der Waals surface area contributed by atoms with Crippen molar-refractivity contribution < 1.29 is 4.42 Å². The van der Waals surface area contributed by atoms with Gasteiger partial charge in [-0.25, -0.2) is 4.98 Å². The quantitative estimate of drug-likeness (QED) is 0.886. The maximum absolute atomic E-state index is 5.83. The molecular formula is C12H14N2OS. The summed E-state index contributed by atoms with van der Waals surface area (Å²) in [4.78, 5) is 5.40. The van der Waals surface area contributed by atoms with Crippen molar-refractivity contribution in [2.24, 2.45) is 5.73 Å². The molecule has 3 nitrogen and oxygen atoms in total. The summed E-state index contributed by atoms with van der Waals surface area (Å²) in [5.41, 5.74) is 6.93. The van der Waals surface area contributed by atoms with Crippen molar-refractivity contribution in [1.29, 1.82) is 0 Å². The van der Waals surface area contributed by atoms with Crippen molar-refractivity contribution in [2.75, 3.05) is 0 Å². The smallest absolute Gasteiger partial charge is 0.114 e. The maximum atomic E-state index is 5.83. The summed E-state index contributed by atoms with van der Waals surface area (Å²) >= 11 is 1.59. The second-order valence-corrected chi connectivity index (χ2v) is 4.72. The van der Waals surface area contributed by atoms with Crippen molar-refractivity contribution in [1.82, 2.24) is 4.98 Å². The molecule has 2 heterocycles. The van der Waals surface area contributed by atoms with Crippen LogP contribution in [-0.4, -0.2) is 4.98 Å². The Kier molecular flexibility index (Phi) is 3.31. The van der Waals surface area contributed by atoms with Gasteiger partial charge >= 0.3 is 0 Å². The fourth-order valence-electron chi connectivity index (χ4n) is 1.36. The van der Waals surface area contributed by atoms with Crippen LogP contribution in [-0.2, 0) is 0 Å². The van der Waals surface area contributed by atoms with Gasteiger partial charge in [0.1, 0.15) is 10.8 Å². The van der Waals surface area contributed by atoms with E-state index in [1.54, 1.807) is 24.2 Å². The highest BCUT2D eigenvalue weighted by molar-refractivity contribution is 7.99. The molecule has 0 radical (unpaired) electrons. The Morgan fingerprint density at radius 2 is 2.25 bits per heavy atom. The number of furan rings is 1. The average Bonchev–Trinajstić information content (AvgIpc) is 2.65. The van der Waals surface area contributed by atoms with Gasteiger partial charge < -0.3 is 10.2 Å². The number of aryl methyl sites for hydroxylation is 1. The minimum atomic E-state index is 0.0350. The molecule has 4 heteroatoms. The number of hydrogen-bond acceptors (Lipinski definition) is 4. The SMILES string of the molecule is Cc1occc1Sc1cc(C(C)N)ccn1. The predicted octanol–water partition coefficient (Wildman–Crippen LogP) is 3.15.